The largest absolute Gasteiger partial charge is 1.00 e. The van der Waals surface area contributed by atoms with Gasteiger partial charge in [-0.15, -0.1) is 0 Å². The van der Waals surface area contributed by atoms with Crippen LogP contribution in [-0.4, -0.2) is 23.4 Å². The van der Waals surface area contributed by atoms with E-state index < -0.39 is 5.97 Å². The van der Waals surface area contributed by atoms with Gasteiger partial charge in [-0.25, -0.2) is 0 Å². The Kier molecular flexibility index (Phi) is 6.39. The second-order valence-corrected chi connectivity index (χ2v) is 6.38. The molecule has 3 rings (SSSR count). The monoisotopic (exact) mass is 374 g/mol. The van der Waals surface area contributed by atoms with Crippen molar-refractivity contribution < 1.29 is 44.3 Å². The summed E-state index contributed by atoms with van der Waals surface area (Å²) in [4.78, 5) is 25.8. The first-order chi connectivity index (χ1) is 11.0. The summed E-state index contributed by atoms with van der Waals surface area (Å²) in [7, 11) is 0. The number of amides is 1. The molecule has 0 bridgehead atoms. The van der Waals surface area contributed by atoms with Gasteiger partial charge in [-0.3, -0.25) is 4.79 Å². The Bertz CT molecular complexity index is 828. The summed E-state index contributed by atoms with van der Waals surface area (Å²) in [6, 6.07) is 3.09. The summed E-state index contributed by atoms with van der Waals surface area (Å²) in [5, 5.41) is 15.2. The molecule has 2 N–H and O–H groups in total. The van der Waals surface area contributed by atoms with Crippen LogP contribution in [0.25, 0.3) is 17.0 Å². The van der Waals surface area contributed by atoms with Gasteiger partial charge >= 0.3 is 29.6 Å². The number of nitrogens with one attached hydrogen (secondary N) is 2. The predicted octanol–water partition coefficient (Wildman–Crippen LogP) is -0.618. The van der Waals surface area contributed by atoms with Crippen molar-refractivity contribution in [3.8, 4) is 0 Å². The van der Waals surface area contributed by atoms with Gasteiger partial charge in [-0.1, -0.05) is 23.2 Å². The van der Waals surface area contributed by atoms with E-state index in [9.17, 15) is 14.7 Å². The van der Waals surface area contributed by atoms with Gasteiger partial charge in [-0.2, -0.15) is 0 Å². The Hall–Kier alpha value is -0.980. The Balaban J connectivity index is 0.00000208. The average molecular weight is 375 g/mol. The van der Waals surface area contributed by atoms with Crippen LogP contribution in [0.5, 0.6) is 0 Å². The Morgan fingerprint density at radius 1 is 1.33 bits per heavy atom. The van der Waals surface area contributed by atoms with Crippen LogP contribution in [0.1, 0.15) is 28.9 Å². The number of benzene rings is 1. The molecule has 2 aromatic rings. The van der Waals surface area contributed by atoms with Gasteiger partial charge in [0.25, 0.3) is 0 Å². The van der Waals surface area contributed by atoms with Crippen LogP contribution in [0.3, 0.4) is 0 Å². The number of aromatic nitrogens is 1. The van der Waals surface area contributed by atoms with E-state index in [2.05, 4.69) is 10.3 Å². The van der Waals surface area contributed by atoms with Crippen molar-refractivity contribution in [2.45, 2.75) is 12.8 Å². The number of H-pyrrole nitrogens is 1. The summed E-state index contributed by atoms with van der Waals surface area (Å²) < 4.78 is 0. The zero-order chi connectivity index (χ0) is 16.6. The summed E-state index contributed by atoms with van der Waals surface area (Å²) in [5.41, 5.74) is 0.624. The molecular weight excluding hydrogens is 362 g/mol. The zero-order valence-corrected chi connectivity index (χ0v) is 16.5. The number of aromatic amines is 1. The van der Waals surface area contributed by atoms with Crippen LogP contribution < -0.4 is 40.0 Å². The third-order valence-corrected chi connectivity index (χ3v) is 4.24. The second kappa shape index (κ2) is 7.93. The predicted molar refractivity (Wildman–Crippen MR) is 87.4 cm³/mol. The minimum atomic E-state index is -1.38. The molecule has 1 aromatic carbocycles. The van der Waals surface area contributed by atoms with Crippen molar-refractivity contribution in [3.63, 3.8) is 0 Å². The topological polar surface area (TPSA) is 85.0 Å². The molecule has 1 fully saturated rings. The molecule has 1 amide bonds. The van der Waals surface area contributed by atoms with E-state index >= 15 is 0 Å². The first-order valence-corrected chi connectivity index (χ1v) is 7.89. The molecule has 1 aromatic heterocycles. The fourth-order valence-electron chi connectivity index (χ4n) is 2.39. The van der Waals surface area contributed by atoms with E-state index in [0.29, 0.717) is 39.0 Å². The molecule has 24 heavy (non-hydrogen) atoms. The molecule has 0 saturated heterocycles. The van der Waals surface area contributed by atoms with Gasteiger partial charge in [0.05, 0.1) is 16.7 Å². The molecule has 1 saturated carbocycles. The van der Waals surface area contributed by atoms with Crippen molar-refractivity contribution in [1.29, 1.82) is 0 Å². The van der Waals surface area contributed by atoms with Crippen molar-refractivity contribution in [2.75, 3.05) is 6.54 Å². The first-order valence-electron chi connectivity index (χ1n) is 7.13. The molecule has 0 spiro atoms. The maximum absolute atomic E-state index is 11.8. The third kappa shape index (κ3) is 4.35. The summed E-state index contributed by atoms with van der Waals surface area (Å²) in [5.74, 6) is -1.09. The molecule has 0 aliphatic heterocycles. The number of hydrogen-bond acceptors (Lipinski definition) is 3. The quantitative estimate of drug-likeness (QED) is 0.540. The number of carboxylic acid groups (broad SMARTS) is 1. The van der Waals surface area contributed by atoms with Gasteiger partial charge in [0.1, 0.15) is 0 Å². The standard InChI is InChI=1S/C16H14Cl2N2O3.Na/c17-9-5-11(18)14-10(15(16(22)23)20-12(14)6-9)3-4-13(21)19-7-8-1-2-8;/h3-6,8,20H,1-2,7H2,(H,19,21)(H,22,23);/q;+1/p-1/b4-3+;. The van der Waals surface area contributed by atoms with Crippen LogP contribution in [0.2, 0.25) is 10.0 Å². The van der Waals surface area contributed by atoms with Crippen molar-refractivity contribution in [1.82, 2.24) is 10.3 Å². The number of carbonyl (C=O) groups excluding carboxylic acids is 2. The summed E-state index contributed by atoms with van der Waals surface area (Å²) in [6.45, 7) is 0.640. The molecule has 0 unspecified atom stereocenters. The van der Waals surface area contributed by atoms with Crippen LogP contribution in [-0.2, 0) is 4.79 Å². The smallest absolute Gasteiger partial charge is 0.543 e. The van der Waals surface area contributed by atoms with E-state index in [1.165, 1.54) is 18.2 Å². The average Bonchev–Trinajstić information content (AvgIpc) is 3.22. The summed E-state index contributed by atoms with van der Waals surface area (Å²) >= 11 is 12.1. The van der Waals surface area contributed by atoms with Crippen LogP contribution in [0, 0.1) is 5.92 Å². The Labute approximate surface area is 170 Å². The normalized spacial score (nSPS) is 13.9. The minimum absolute atomic E-state index is 0. The zero-order valence-electron chi connectivity index (χ0n) is 13.0. The van der Waals surface area contributed by atoms with Gasteiger partial charge in [-0.05, 0) is 37.0 Å². The van der Waals surface area contributed by atoms with Gasteiger partial charge in [0.15, 0.2) is 0 Å². The maximum atomic E-state index is 11.8. The van der Waals surface area contributed by atoms with Crippen molar-refractivity contribution in [3.05, 3.63) is 39.5 Å². The first kappa shape index (κ1) is 19.3. The number of rotatable bonds is 5. The molecule has 120 valence electrons. The molecule has 1 aliphatic carbocycles. The molecule has 1 heterocycles. The van der Waals surface area contributed by atoms with E-state index in [4.69, 9.17) is 23.2 Å². The maximum Gasteiger partial charge on any atom is 1.00 e. The molecular formula is C16H13Cl2N2NaO3. The van der Waals surface area contributed by atoms with Crippen molar-refractivity contribution >= 4 is 52.1 Å². The van der Waals surface area contributed by atoms with E-state index in [0.717, 1.165) is 12.8 Å². The fraction of sp³-hybridized carbons (Fsp3) is 0.250. The van der Waals surface area contributed by atoms with Crippen LogP contribution >= 0.6 is 23.2 Å². The van der Waals surface area contributed by atoms with Gasteiger partial charge in [0, 0.05) is 34.1 Å². The molecule has 5 nitrogen and oxygen atoms in total. The van der Waals surface area contributed by atoms with Gasteiger partial charge < -0.3 is 20.2 Å². The number of fused-ring (bicyclic) bond motifs is 1. The van der Waals surface area contributed by atoms with Crippen LogP contribution in [0.15, 0.2) is 18.2 Å². The number of hydrogen-bond donors (Lipinski definition) is 2. The number of aromatic carboxylic acids is 1. The van der Waals surface area contributed by atoms with Crippen molar-refractivity contribution in [2.24, 2.45) is 5.92 Å². The third-order valence-electron chi connectivity index (χ3n) is 3.72. The minimum Gasteiger partial charge on any atom is -0.543 e. The second-order valence-electron chi connectivity index (χ2n) is 5.53. The number of carboxylic acids is 1. The van der Waals surface area contributed by atoms with E-state index in [1.54, 1.807) is 6.07 Å². The number of halogens is 2. The van der Waals surface area contributed by atoms with Gasteiger partial charge in [0.2, 0.25) is 5.91 Å². The van der Waals surface area contributed by atoms with E-state index in [-0.39, 0.29) is 41.2 Å². The molecule has 0 radical (unpaired) electrons. The SMILES string of the molecule is O=C(/C=C/c1c(C(=O)[O-])[nH]c2cc(Cl)cc(Cl)c12)NCC1CC1.[Na+]. The molecule has 0 atom stereocenters. The fourth-order valence-corrected chi connectivity index (χ4v) is 2.98. The molecule has 8 heteroatoms. The summed E-state index contributed by atoms with van der Waals surface area (Å²) in [6.07, 6.45) is 4.99. The Morgan fingerprint density at radius 3 is 2.67 bits per heavy atom. The Morgan fingerprint density at radius 2 is 2.04 bits per heavy atom. The molecule has 1 aliphatic rings. The van der Waals surface area contributed by atoms with Crippen LogP contribution in [0.4, 0.5) is 0 Å². The number of carbonyl (C=O) groups is 2. The van der Waals surface area contributed by atoms with E-state index in [1.807, 2.05) is 0 Å².